The molecule has 0 saturated carbocycles. The molecule has 0 amide bonds. The molecule has 1 fully saturated rings. The number of hydrogen-bond acceptors (Lipinski definition) is 5. The maximum atomic E-state index is 12.4. The van der Waals surface area contributed by atoms with Crippen LogP contribution in [0, 0.1) is 15.3 Å². The average molecular weight is 325 g/mol. The third-order valence-electron chi connectivity index (χ3n) is 3.54. The summed E-state index contributed by atoms with van der Waals surface area (Å²) in [6, 6.07) is 5.98. The van der Waals surface area contributed by atoms with Gasteiger partial charge in [-0.1, -0.05) is 18.3 Å². The maximum Gasteiger partial charge on any atom is 0.270 e. The molecule has 1 aromatic rings. The fraction of sp³-hybridized carbons (Fsp3) is 0.385. The Morgan fingerprint density at radius 3 is 2.62 bits per heavy atom. The summed E-state index contributed by atoms with van der Waals surface area (Å²) in [6.07, 6.45) is 1.37. The van der Waals surface area contributed by atoms with E-state index in [9.17, 15) is 15.3 Å². The number of nitro benzene ring substituents is 1. The fourth-order valence-electron chi connectivity index (χ4n) is 2.02. The Hall–Kier alpha value is -1.67. The smallest absolute Gasteiger partial charge is 0.270 e. The van der Waals surface area contributed by atoms with Crippen molar-refractivity contribution in [3.63, 3.8) is 0 Å². The summed E-state index contributed by atoms with van der Waals surface area (Å²) < 4.78 is 1.48. The molecule has 0 N–H and O–H groups in total. The highest BCUT2D eigenvalue weighted by Gasteiger charge is 2.48. The first-order valence-corrected chi connectivity index (χ1v) is 7.51. The average Bonchev–Trinajstić information content (AvgIpc) is 2.62. The number of hydroxylamine groups is 1. The summed E-state index contributed by atoms with van der Waals surface area (Å²) in [5.41, 5.74) is 0.0416. The van der Waals surface area contributed by atoms with Gasteiger partial charge in [0.25, 0.3) is 5.69 Å². The molecule has 1 aliphatic heterocycles. The predicted molar refractivity (Wildman–Crippen MR) is 87.7 cm³/mol. The van der Waals surface area contributed by atoms with Crippen molar-refractivity contribution in [3.8, 4) is 0 Å². The maximum absolute atomic E-state index is 12.4. The molecule has 0 spiro atoms. The van der Waals surface area contributed by atoms with Gasteiger partial charge in [0.05, 0.1) is 4.92 Å². The normalized spacial score (nSPS) is 21.7. The van der Waals surface area contributed by atoms with Crippen molar-refractivity contribution in [2.24, 2.45) is 0 Å². The molecule has 1 saturated heterocycles. The second-order valence-corrected chi connectivity index (χ2v) is 7.00. The van der Waals surface area contributed by atoms with Crippen molar-refractivity contribution in [1.29, 1.82) is 0 Å². The molecule has 21 heavy (non-hydrogen) atoms. The summed E-state index contributed by atoms with van der Waals surface area (Å²) in [7, 11) is 1.86. The minimum absolute atomic E-state index is 0.0388. The lowest BCUT2D eigenvalue weighted by Gasteiger charge is -2.30. The van der Waals surface area contributed by atoms with Gasteiger partial charge in [-0.15, -0.1) is 0 Å². The van der Waals surface area contributed by atoms with Gasteiger partial charge >= 0.3 is 0 Å². The Morgan fingerprint density at radius 1 is 1.43 bits per heavy atom. The predicted octanol–water partition coefficient (Wildman–Crippen LogP) is 2.59. The number of nitrogens with zero attached hydrogens (tertiary/aromatic N) is 3. The SMILES string of the molecule is CN1C(=S)S[C@H](/[N+]([O-])=C\c2cccc([N+](=O)[O-])c2)C1(C)C. The Labute approximate surface area is 132 Å². The van der Waals surface area contributed by atoms with Crippen LogP contribution in [0.3, 0.4) is 0 Å². The van der Waals surface area contributed by atoms with E-state index in [0.717, 1.165) is 4.74 Å². The van der Waals surface area contributed by atoms with Gasteiger partial charge in [0.15, 0.2) is 6.21 Å². The lowest BCUT2D eigenvalue weighted by atomic mass is 10.0. The van der Waals surface area contributed by atoms with Gasteiger partial charge in [0.2, 0.25) is 5.37 Å². The number of likely N-dealkylation sites (N-methyl/N-ethyl adjacent to an activating group) is 1. The van der Waals surface area contributed by atoms with Gasteiger partial charge in [-0.05, 0) is 31.7 Å². The van der Waals surface area contributed by atoms with E-state index < -0.39 is 15.8 Å². The Morgan fingerprint density at radius 2 is 2.10 bits per heavy atom. The lowest BCUT2D eigenvalue weighted by Crippen LogP contribution is -2.47. The summed E-state index contributed by atoms with van der Waals surface area (Å²) in [5, 5.41) is 22.7. The summed E-state index contributed by atoms with van der Waals surface area (Å²) >= 11 is 6.55. The van der Waals surface area contributed by atoms with Crippen molar-refractivity contribution in [3.05, 3.63) is 45.2 Å². The number of benzene rings is 1. The molecule has 0 radical (unpaired) electrons. The van der Waals surface area contributed by atoms with E-state index in [2.05, 4.69) is 0 Å². The molecule has 0 aromatic heterocycles. The van der Waals surface area contributed by atoms with E-state index in [-0.39, 0.29) is 5.69 Å². The second-order valence-electron chi connectivity index (χ2n) is 5.29. The first-order valence-electron chi connectivity index (χ1n) is 6.22. The first kappa shape index (κ1) is 15.7. The van der Waals surface area contributed by atoms with E-state index in [0.29, 0.717) is 9.88 Å². The van der Waals surface area contributed by atoms with Gasteiger partial charge in [-0.2, -0.15) is 4.74 Å². The van der Waals surface area contributed by atoms with Gasteiger partial charge in [0, 0.05) is 24.7 Å². The standard InChI is InChI=1S/C13H15N3O3S2/c1-13(2)11(21-12(20)14(13)3)15(17)8-9-5-4-6-10(7-9)16(18)19/h4-8,11H,1-3H3/b15-8+/t11-/m0/s1. The van der Waals surface area contributed by atoms with Crippen LogP contribution in [0.1, 0.15) is 19.4 Å². The molecular weight excluding hydrogens is 310 g/mol. The van der Waals surface area contributed by atoms with Crippen LogP contribution in [0.25, 0.3) is 0 Å². The molecule has 0 aliphatic carbocycles. The van der Waals surface area contributed by atoms with Crippen LogP contribution in [0.5, 0.6) is 0 Å². The molecule has 6 nitrogen and oxygen atoms in total. The molecule has 1 atom stereocenters. The zero-order valence-electron chi connectivity index (χ0n) is 11.8. The van der Waals surface area contributed by atoms with Gasteiger partial charge in [0.1, 0.15) is 9.86 Å². The van der Waals surface area contributed by atoms with Crippen LogP contribution >= 0.6 is 24.0 Å². The molecule has 1 aliphatic rings. The highest BCUT2D eigenvalue weighted by atomic mass is 32.2. The van der Waals surface area contributed by atoms with Crippen LogP contribution in [-0.4, -0.2) is 43.1 Å². The Bertz CT molecular complexity index is 631. The van der Waals surface area contributed by atoms with Crippen molar-refractivity contribution in [1.82, 2.24) is 4.90 Å². The fourth-order valence-corrected chi connectivity index (χ4v) is 3.72. The Kier molecular flexibility index (Phi) is 4.20. The van der Waals surface area contributed by atoms with Crippen LogP contribution in [0.4, 0.5) is 5.69 Å². The van der Waals surface area contributed by atoms with Crippen molar-refractivity contribution < 1.29 is 9.66 Å². The summed E-state index contributed by atoms with van der Waals surface area (Å²) in [5.74, 6) is 0. The van der Waals surface area contributed by atoms with E-state index in [1.807, 2.05) is 25.8 Å². The number of hydrogen-bond donors (Lipinski definition) is 0. The second kappa shape index (κ2) is 5.61. The number of rotatable bonds is 3. The van der Waals surface area contributed by atoms with Crippen molar-refractivity contribution in [2.75, 3.05) is 7.05 Å². The van der Waals surface area contributed by atoms with Crippen LogP contribution in [0.2, 0.25) is 0 Å². The molecule has 2 rings (SSSR count). The summed E-state index contributed by atoms with van der Waals surface area (Å²) in [6.45, 7) is 3.88. The van der Waals surface area contributed by atoms with Gasteiger partial charge in [-0.25, -0.2) is 0 Å². The third-order valence-corrected chi connectivity index (χ3v) is 5.59. The molecule has 1 aromatic carbocycles. The molecule has 112 valence electrons. The van der Waals surface area contributed by atoms with Crippen LogP contribution < -0.4 is 0 Å². The molecule has 8 heteroatoms. The first-order chi connectivity index (χ1) is 9.73. The largest absolute Gasteiger partial charge is 0.623 e. The zero-order valence-corrected chi connectivity index (χ0v) is 13.5. The number of nitro groups is 1. The van der Waals surface area contributed by atoms with E-state index in [1.54, 1.807) is 12.1 Å². The molecule has 0 unspecified atom stereocenters. The third kappa shape index (κ3) is 3.01. The zero-order chi connectivity index (χ0) is 15.8. The highest BCUT2D eigenvalue weighted by Crippen LogP contribution is 2.38. The van der Waals surface area contributed by atoms with Crippen LogP contribution in [-0.2, 0) is 0 Å². The molecular formula is C13H15N3O3S2. The minimum atomic E-state index is -0.482. The number of thiocarbonyl (C=S) groups is 1. The van der Waals surface area contributed by atoms with Crippen LogP contribution in [0.15, 0.2) is 24.3 Å². The minimum Gasteiger partial charge on any atom is -0.623 e. The number of non-ortho nitro benzene ring substituents is 1. The Balaban J connectivity index is 2.32. The molecule has 0 bridgehead atoms. The topological polar surface area (TPSA) is 72.5 Å². The quantitative estimate of drug-likeness (QED) is 0.212. The van der Waals surface area contributed by atoms with Crippen molar-refractivity contribution >= 4 is 40.2 Å². The monoisotopic (exact) mass is 325 g/mol. The highest BCUT2D eigenvalue weighted by molar-refractivity contribution is 8.23. The van der Waals surface area contributed by atoms with Gasteiger partial charge < -0.3 is 10.1 Å². The summed E-state index contributed by atoms with van der Waals surface area (Å²) in [4.78, 5) is 12.2. The van der Waals surface area contributed by atoms with E-state index in [4.69, 9.17) is 12.2 Å². The van der Waals surface area contributed by atoms with Gasteiger partial charge in [-0.3, -0.25) is 10.1 Å². The van der Waals surface area contributed by atoms with E-state index in [1.165, 1.54) is 30.1 Å². The number of thioether (sulfide) groups is 1. The lowest BCUT2D eigenvalue weighted by molar-refractivity contribution is -0.480. The van der Waals surface area contributed by atoms with Crippen molar-refractivity contribution in [2.45, 2.75) is 24.8 Å². The van der Waals surface area contributed by atoms with E-state index >= 15 is 0 Å². The molecule has 1 heterocycles.